The second-order valence-corrected chi connectivity index (χ2v) is 6.22. The van der Waals surface area contributed by atoms with Crippen molar-refractivity contribution >= 4 is 29.3 Å². The first kappa shape index (κ1) is 18.5. The van der Waals surface area contributed by atoms with E-state index in [1.165, 1.54) is 5.56 Å². The minimum absolute atomic E-state index is 0. The van der Waals surface area contributed by atoms with Crippen molar-refractivity contribution in [3.63, 3.8) is 0 Å². The third-order valence-electron chi connectivity index (χ3n) is 4.31. The van der Waals surface area contributed by atoms with E-state index >= 15 is 0 Å². The number of nitrogens with one attached hydrogen (secondary N) is 2. The predicted octanol–water partition coefficient (Wildman–Crippen LogP) is 2.82. The van der Waals surface area contributed by atoms with Gasteiger partial charge in [-0.3, -0.25) is 4.98 Å². The minimum atomic E-state index is 0. The molecule has 2 aromatic heterocycles. The molecule has 26 heavy (non-hydrogen) atoms. The number of benzene rings is 1. The quantitative estimate of drug-likeness (QED) is 0.734. The number of fused-ring (bicyclic) bond motifs is 1. The summed E-state index contributed by atoms with van der Waals surface area (Å²) in [5.74, 6) is 0.746. The van der Waals surface area contributed by atoms with Crippen molar-refractivity contribution in [2.45, 2.75) is 13.0 Å². The number of rotatable bonds is 4. The molecule has 1 aromatic carbocycles. The van der Waals surface area contributed by atoms with E-state index in [0.717, 1.165) is 47.8 Å². The molecule has 3 heterocycles. The lowest BCUT2D eigenvalue weighted by Gasteiger charge is -2.24. The lowest BCUT2D eigenvalue weighted by atomic mass is 10.1. The van der Waals surface area contributed by atoms with Gasteiger partial charge in [0.2, 0.25) is 0 Å². The van der Waals surface area contributed by atoms with Crippen LogP contribution in [0.2, 0.25) is 0 Å². The fourth-order valence-electron chi connectivity index (χ4n) is 2.93. The average molecular weight is 372 g/mol. The standard InChI is InChI=1S/C19H21N5O.ClH/c1-13-2-4-14(5-3-13)16-10-17-18(22-7-6-21-17)19(24-16)23-12-15-11-20-8-9-25-15;/h2-7,10,15,20H,8-9,11-12H2,1H3,(H,23,24);1H. The van der Waals surface area contributed by atoms with Crippen LogP contribution in [0.4, 0.5) is 5.82 Å². The molecular formula is C19H22ClN5O. The molecule has 1 fully saturated rings. The molecular weight excluding hydrogens is 350 g/mol. The Morgan fingerprint density at radius 3 is 2.77 bits per heavy atom. The first-order chi connectivity index (χ1) is 12.3. The zero-order valence-electron chi connectivity index (χ0n) is 14.6. The van der Waals surface area contributed by atoms with Crippen molar-refractivity contribution < 1.29 is 4.74 Å². The third-order valence-corrected chi connectivity index (χ3v) is 4.31. The molecule has 3 aromatic rings. The molecule has 0 radical (unpaired) electrons. The molecule has 0 saturated carbocycles. The Bertz CT molecular complexity index is 865. The van der Waals surface area contributed by atoms with Crippen LogP contribution in [0, 0.1) is 6.92 Å². The Hall–Kier alpha value is -2.28. The number of nitrogens with zero attached hydrogens (tertiary/aromatic N) is 3. The Morgan fingerprint density at radius 2 is 2.00 bits per heavy atom. The minimum Gasteiger partial charge on any atom is -0.374 e. The third kappa shape index (κ3) is 4.09. The summed E-state index contributed by atoms with van der Waals surface area (Å²) in [6.07, 6.45) is 3.53. The Balaban J connectivity index is 0.00000196. The van der Waals surface area contributed by atoms with Crippen molar-refractivity contribution in [3.05, 3.63) is 48.3 Å². The second kappa shape index (κ2) is 8.40. The normalized spacial score (nSPS) is 16.9. The van der Waals surface area contributed by atoms with Crippen LogP contribution in [0.5, 0.6) is 0 Å². The van der Waals surface area contributed by atoms with Crippen LogP contribution in [0.15, 0.2) is 42.7 Å². The Kier molecular flexibility index (Phi) is 5.98. The van der Waals surface area contributed by atoms with Gasteiger partial charge in [0.25, 0.3) is 0 Å². The zero-order chi connectivity index (χ0) is 17.1. The van der Waals surface area contributed by atoms with E-state index in [9.17, 15) is 0 Å². The van der Waals surface area contributed by atoms with Gasteiger partial charge in [-0.1, -0.05) is 29.8 Å². The second-order valence-electron chi connectivity index (χ2n) is 6.22. The summed E-state index contributed by atoms with van der Waals surface area (Å²) in [6.45, 7) is 5.25. The molecule has 136 valence electrons. The highest BCUT2D eigenvalue weighted by molar-refractivity contribution is 5.88. The van der Waals surface area contributed by atoms with Gasteiger partial charge in [0.15, 0.2) is 5.82 Å². The number of hydrogen-bond donors (Lipinski definition) is 2. The van der Waals surface area contributed by atoms with Gasteiger partial charge in [0.05, 0.1) is 23.9 Å². The van der Waals surface area contributed by atoms with Crippen molar-refractivity contribution in [2.24, 2.45) is 0 Å². The van der Waals surface area contributed by atoms with Gasteiger partial charge in [-0.15, -0.1) is 12.4 Å². The van der Waals surface area contributed by atoms with Crippen LogP contribution < -0.4 is 10.6 Å². The van der Waals surface area contributed by atoms with Gasteiger partial charge in [0.1, 0.15) is 5.52 Å². The molecule has 0 aliphatic carbocycles. The van der Waals surface area contributed by atoms with Crippen molar-refractivity contribution in [1.29, 1.82) is 0 Å². The van der Waals surface area contributed by atoms with E-state index in [2.05, 4.69) is 51.8 Å². The van der Waals surface area contributed by atoms with Crippen LogP contribution in [0.1, 0.15) is 5.56 Å². The molecule has 0 amide bonds. The van der Waals surface area contributed by atoms with Crippen LogP contribution in [-0.4, -0.2) is 47.3 Å². The number of ether oxygens (including phenoxy) is 1. The number of aromatic nitrogens is 3. The van der Waals surface area contributed by atoms with Gasteiger partial charge < -0.3 is 15.4 Å². The van der Waals surface area contributed by atoms with Crippen LogP contribution in [0.25, 0.3) is 22.3 Å². The zero-order valence-corrected chi connectivity index (χ0v) is 15.4. The summed E-state index contributed by atoms with van der Waals surface area (Å²) in [6, 6.07) is 10.3. The van der Waals surface area contributed by atoms with Gasteiger partial charge in [-0.2, -0.15) is 0 Å². The van der Waals surface area contributed by atoms with E-state index < -0.39 is 0 Å². The highest BCUT2D eigenvalue weighted by atomic mass is 35.5. The number of anilines is 1. The van der Waals surface area contributed by atoms with Gasteiger partial charge >= 0.3 is 0 Å². The lowest BCUT2D eigenvalue weighted by molar-refractivity contribution is 0.0372. The van der Waals surface area contributed by atoms with Crippen LogP contribution >= 0.6 is 12.4 Å². The van der Waals surface area contributed by atoms with E-state index in [-0.39, 0.29) is 18.5 Å². The topological polar surface area (TPSA) is 72.0 Å². The SMILES string of the molecule is Cc1ccc(-c2cc3nccnc3c(NCC3CNCCO3)n2)cc1.Cl. The lowest BCUT2D eigenvalue weighted by Crippen LogP contribution is -2.42. The van der Waals surface area contributed by atoms with Crippen LogP contribution in [-0.2, 0) is 4.74 Å². The molecule has 1 aliphatic rings. The fourth-order valence-corrected chi connectivity index (χ4v) is 2.93. The first-order valence-electron chi connectivity index (χ1n) is 8.54. The smallest absolute Gasteiger partial charge is 0.154 e. The maximum atomic E-state index is 5.75. The van der Waals surface area contributed by atoms with Crippen LogP contribution in [0.3, 0.4) is 0 Å². The number of halogens is 1. The molecule has 1 unspecified atom stereocenters. The van der Waals surface area contributed by atoms with E-state index in [1.54, 1.807) is 12.4 Å². The molecule has 1 saturated heterocycles. The molecule has 7 heteroatoms. The number of pyridine rings is 1. The van der Waals surface area contributed by atoms with E-state index in [4.69, 9.17) is 9.72 Å². The molecule has 2 N–H and O–H groups in total. The number of aryl methyl sites for hydroxylation is 1. The summed E-state index contributed by atoms with van der Waals surface area (Å²) < 4.78 is 5.75. The molecule has 1 aliphatic heterocycles. The summed E-state index contributed by atoms with van der Waals surface area (Å²) in [4.78, 5) is 13.7. The van der Waals surface area contributed by atoms with E-state index in [1.807, 2.05) is 6.07 Å². The van der Waals surface area contributed by atoms with Crippen molar-refractivity contribution in [2.75, 3.05) is 31.6 Å². The molecule has 1 atom stereocenters. The summed E-state index contributed by atoms with van der Waals surface area (Å²) in [5, 5.41) is 6.74. The first-order valence-corrected chi connectivity index (χ1v) is 8.54. The van der Waals surface area contributed by atoms with Crippen molar-refractivity contribution in [3.8, 4) is 11.3 Å². The highest BCUT2D eigenvalue weighted by Crippen LogP contribution is 2.25. The van der Waals surface area contributed by atoms with Crippen molar-refractivity contribution in [1.82, 2.24) is 20.3 Å². The molecule has 6 nitrogen and oxygen atoms in total. The summed E-state index contributed by atoms with van der Waals surface area (Å²) in [5.41, 5.74) is 4.79. The summed E-state index contributed by atoms with van der Waals surface area (Å²) in [7, 11) is 0. The molecule has 0 bridgehead atoms. The van der Waals surface area contributed by atoms with E-state index in [0.29, 0.717) is 6.54 Å². The van der Waals surface area contributed by atoms with Gasteiger partial charge in [-0.05, 0) is 13.0 Å². The Morgan fingerprint density at radius 1 is 1.19 bits per heavy atom. The maximum absolute atomic E-state index is 5.75. The largest absolute Gasteiger partial charge is 0.374 e. The maximum Gasteiger partial charge on any atom is 0.154 e. The van der Waals surface area contributed by atoms with Gasteiger partial charge in [0, 0.05) is 37.6 Å². The number of morpholine rings is 1. The highest BCUT2D eigenvalue weighted by Gasteiger charge is 2.15. The predicted molar refractivity (Wildman–Crippen MR) is 106 cm³/mol. The average Bonchev–Trinajstić information content (AvgIpc) is 2.67. The fraction of sp³-hybridized carbons (Fsp3) is 0.316. The summed E-state index contributed by atoms with van der Waals surface area (Å²) >= 11 is 0. The molecule has 4 rings (SSSR count). The molecule has 0 spiro atoms. The Labute approximate surface area is 158 Å². The number of hydrogen-bond acceptors (Lipinski definition) is 6. The van der Waals surface area contributed by atoms with Gasteiger partial charge in [-0.25, -0.2) is 9.97 Å². The monoisotopic (exact) mass is 371 g/mol.